The summed E-state index contributed by atoms with van der Waals surface area (Å²) < 4.78 is 2.43. The fraction of sp³-hybridized carbons (Fsp3) is 0. The van der Waals surface area contributed by atoms with E-state index in [1.165, 1.54) is 66.0 Å². The Morgan fingerprint density at radius 1 is 0.296 bits per heavy atom. The maximum atomic E-state index is 2.43. The van der Waals surface area contributed by atoms with Crippen LogP contribution < -0.4 is 4.90 Å². The highest BCUT2D eigenvalue weighted by Gasteiger charge is 2.20. The zero-order valence-electron chi connectivity index (χ0n) is 29.7. The van der Waals surface area contributed by atoms with Crippen molar-refractivity contribution in [2.45, 2.75) is 0 Å². The third-order valence-electron chi connectivity index (χ3n) is 10.6. The average Bonchev–Trinajstić information content (AvgIpc) is 3.59. The standard InChI is InChI=1S/C52H36N2/c1-3-16-37(17-4-1)41-22-15-23-42(34-41)53(43-31-30-38-18-7-8-21-40(38)35-43)44-32-33-45(49(36-44)39-19-5-2-6-20-39)46-24-9-12-27-50(46)54-51-28-13-10-25-47(51)48-26-11-14-29-52(48)54/h1-36H. The lowest BCUT2D eigenvalue weighted by Crippen LogP contribution is -2.10. The summed E-state index contributed by atoms with van der Waals surface area (Å²) >= 11 is 0. The lowest BCUT2D eigenvalue weighted by molar-refractivity contribution is 1.18. The fourth-order valence-corrected chi connectivity index (χ4v) is 8.06. The lowest BCUT2D eigenvalue weighted by atomic mass is 9.92. The minimum atomic E-state index is 1.09. The number of fused-ring (bicyclic) bond motifs is 4. The van der Waals surface area contributed by atoms with Crippen molar-refractivity contribution in [2.24, 2.45) is 0 Å². The first-order valence-electron chi connectivity index (χ1n) is 18.5. The van der Waals surface area contributed by atoms with E-state index in [1.807, 2.05) is 0 Å². The van der Waals surface area contributed by atoms with Gasteiger partial charge in [0, 0.05) is 33.4 Å². The fourth-order valence-electron chi connectivity index (χ4n) is 8.06. The van der Waals surface area contributed by atoms with Gasteiger partial charge in [-0.15, -0.1) is 0 Å². The number of nitrogens with zero attached hydrogens (tertiary/aromatic N) is 2. The van der Waals surface area contributed by atoms with Crippen molar-refractivity contribution in [1.29, 1.82) is 0 Å². The summed E-state index contributed by atoms with van der Waals surface area (Å²) in [6, 6.07) is 79.0. The molecule has 54 heavy (non-hydrogen) atoms. The number of benzene rings is 9. The van der Waals surface area contributed by atoms with E-state index in [0.29, 0.717) is 0 Å². The summed E-state index contributed by atoms with van der Waals surface area (Å²) in [5.41, 5.74) is 13.9. The molecule has 0 unspecified atom stereocenters. The van der Waals surface area contributed by atoms with Gasteiger partial charge in [0.25, 0.3) is 0 Å². The summed E-state index contributed by atoms with van der Waals surface area (Å²) in [6.07, 6.45) is 0. The van der Waals surface area contributed by atoms with Gasteiger partial charge >= 0.3 is 0 Å². The van der Waals surface area contributed by atoms with E-state index in [1.54, 1.807) is 0 Å². The van der Waals surface area contributed by atoms with Gasteiger partial charge < -0.3 is 9.47 Å². The molecule has 0 aliphatic heterocycles. The largest absolute Gasteiger partial charge is 0.310 e. The Hall–Kier alpha value is -7.16. The zero-order chi connectivity index (χ0) is 35.8. The molecule has 9 aromatic carbocycles. The molecule has 10 rings (SSSR count). The topological polar surface area (TPSA) is 8.17 Å². The summed E-state index contributed by atoms with van der Waals surface area (Å²) in [5, 5.41) is 4.94. The number of rotatable bonds is 7. The number of hydrogen-bond acceptors (Lipinski definition) is 1. The van der Waals surface area contributed by atoms with Gasteiger partial charge in [0.2, 0.25) is 0 Å². The van der Waals surface area contributed by atoms with Crippen molar-refractivity contribution in [2.75, 3.05) is 4.90 Å². The zero-order valence-corrected chi connectivity index (χ0v) is 29.7. The third kappa shape index (κ3) is 5.53. The van der Waals surface area contributed by atoms with Crippen LogP contribution in [0.15, 0.2) is 218 Å². The van der Waals surface area contributed by atoms with Gasteiger partial charge in [-0.05, 0) is 93.2 Å². The van der Waals surface area contributed by atoms with Crippen LogP contribution in [0.2, 0.25) is 0 Å². The molecule has 0 saturated carbocycles. The smallest absolute Gasteiger partial charge is 0.0541 e. The average molecular weight is 689 g/mol. The molecule has 0 radical (unpaired) electrons. The molecule has 2 nitrogen and oxygen atoms in total. The van der Waals surface area contributed by atoms with E-state index in [0.717, 1.165) is 22.7 Å². The van der Waals surface area contributed by atoms with Gasteiger partial charge in [-0.3, -0.25) is 0 Å². The van der Waals surface area contributed by atoms with Gasteiger partial charge in [0.05, 0.1) is 16.7 Å². The molecule has 0 N–H and O–H groups in total. The van der Waals surface area contributed by atoms with Crippen LogP contribution >= 0.6 is 0 Å². The highest BCUT2D eigenvalue weighted by Crippen LogP contribution is 2.44. The molecule has 0 spiro atoms. The molecule has 2 heteroatoms. The predicted octanol–water partition coefficient (Wildman–Crippen LogP) is 14.4. The van der Waals surface area contributed by atoms with E-state index in [4.69, 9.17) is 0 Å². The van der Waals surface area contributed by atoms with Crippen LogP contribution in [0.4, 0.5) is 17.1 Å². The third-order valence-corrected chi connectivity index (χ3v) is 10.6. The highest BCUT2D eigenvalue weighted by atomic mass is 15.1. The second-order valence-corrected chi connectivity index (χ2v) is 13.8. The molecule has 0 saturated heterocycles. The molecule has 0 fully saturated rings. The van der Waals surface area contributed by atoms with E-state index in [-0.39, 0.29) is 0 Å². The van der Waals surface area contributed by atoms with Crippen LogP contribution in [0.1, 0.15) is 0 Å². The number of hydrogen-bond donors (Lipinski definition) is 0. The molecule has 0 amide bonds. The Kier molecular flexibility index (Phi) is 7.85. The highest BCUT2D eigenvalue weighted by molar-refractivity contribution is 6.10. The van der Waals surface area contributed by atoms with Crippen molar-refractivity contribution in [3.8, 4) is 39.1 Å². The van der Waals surface area contributed by atoms with Crippen LogP contribution in [0, 0.1) is 0 Å². The normalized spacial score (nSPS) is 11.3. The van der Waals surface area contributed by atoms with Crippen LogP contribution in [0.25, 0.3) is 71.6 Å². The van der Waals surface area contributed by atoms with Crippen molar-refractivity contribution in [1.82, 2.24) is 4.57 Å². The second-order valence-electron chi connectivity index (χ2n) is 13.8. The van der Waals surface area contributed by atoms with Crippen LogP contribution in [0.3, 0.4) is 0 Å². The molecule has 0 aliphatic rings. The Labute approximate surface area is 315 Å². The SMILES string of the molecule is c1ccc(-c2cccc(N(c3ccc(-c4ccccc4-n4c5ccccc5c5ccccc54)c(-c4ccccc4)c3)c3ccc4ccccc4c3)c2)cc1. The Bertz CT molecular complexity index is 2890. The molecular weight excluding hydrogens is 653 g/mol. The number of aromatic nitrogens is 1. The van der Waals surface area contributed by atoms with Crippen LogP contribution in [0.5, 0.6) is 0 Å². The number of para-hydroxylation sites is 3. The van der Waals surface area contributed by atoms with Crippen molar-refractivity contribution in [3.05, 3.63) is 218 Å². The minimum absolute atomic E-state index is 1.09. The Balaban J connectivity index is 1.21. The second kappa shape index (κ2) is 13.4. The first-order chi connectivity index (χ1) is 26.8. The van der Waals surface area contributed by atoms with E-state index >= 15 is 0 Å². The minimum Gasteiger partial charge on any atom is -0.310 e. The molecule has 0 bridgehead atoms. The van der Waals surface area contributed by atoms with Gasteiger partial charge in [0.1, 0.15) is 0 Å². The molecular formula is C52H36N2. The van der Waals surface area contributed by atoms with Crippen molar-refractivity contribution >= 4 is 49.6 Å². The summed E-state index contributed by atoms with van der Waals surface area (Å²) in [6.45, 7) is 0. The molecule has 0 atom stereocenters. The molecule has 254 valence electrons. The van der Waals surface area contributed by atoms with E-state index < -0.39 is 0 Å². The predicted molar refractivity (Wildman–Crippen MR) is 229 cm³/mol. The Morgan fingerprint density at radius 3 is 1.61 bits per heavy atom. The van der Waals surface area contributed by atoms with Gasteiger partial charge in [-0.2, -0.15) is 0 Å². The first-order valence-corrected chi connectivity index (χ1v) is 18.5. The monoisotopic (exact) mass is 688 g/mol. The van der Waals surface area contributed by atoms with E-state index in [9.17, 15) is 0 Å². The van der Waals surface area contributed by atoms with Crippen LogP contribution in [-0.4, -0.2) is 4.57 Å². The summed E-state index contributed by atoms with van der Waals surface area (Å²) in [7, 11) is 0. The lowest BCUT2D eigenvalue weighted by Gasteiger charge is -2.28. The number of anilines is 3. The molecule has 1 aromatic heterocycles. The van der Waals surface area contributed by atoms with E-state index in [2.05, 4.69) is 228 Å². The summed E-state index contributed by atoms with van der Waals surface area (Å²) in [4.78, 5) is 2.40. The first kappa shape index (κ1) is 31.6. The van der Waals surface area contributed by atoms with Crippen molar-refractivity contribution in [3.63, 3.8) is 0 Å². The van der Waals surface area contributed by atoms with Gasteiger partial charge in [0.15, 0.2) is 0 Å². The Morgan fingerprint density at radius 2 is 0.852 bits per heavy atom. The quantitative estimate of drug-likeness (QED) is 0.162. The maximum Gasteiger partial charge on any atom is 0.0541 e. The molecule has 0 aliphatic carbocycles. The van der Waals surface area contributed by atoms with Gasteiger partial charge in [-0.25, -0.2) is 0 Å². The van der Waals surface area contributed by atoms with Crippen LogP contribution in [-0.2, 0) is 0 Å². The summed E-state index contributed by atoms with van der Waals surface area (Å²) in [5.74, 6) is 0. The molecule has 1 heterocycles. The van der Waals surface area contributed by atoms with Gasteiger partial charge in [-0.1, -0.05) is 164 Å². The van der Waals surface area contributed by atoms with Crippen molar-refractivity contribution < 1.29 is 0 Å². The maximum absolute atomic E-state index is 2.43. The molecule has 10 aromatic rings.